The van der Waals surface area contributed by atoms with Crippen LogP contribution < -0.4 is 0 Å². The van der Waals surface area contributed by atoms with Crippen LogP contribution in [0.2, 0.25) is 0 Å². The number of aromatic nitrogens is 3. The molecular weight excluding hydrogens is 190 g/mol. The average molecular weight is 201 g/mol. The lowest BCUT2D eigenvalue weighted by atomic mass is 10.2. The van der Waals surface area contributed by atoms with Gasteiger partial charge in [0.15, 0.2) is 6.29 Å². The first-order chi connectivity index (χ1) is 7.36. The van der Waals surface area contributed by atoms with Crippen molar-refractivity contribution >= 4 is 6.29 Å². The highest BCUT2D eigenvalue weighted by molar-refractivity contribution is 5.73. The molecule has 15 heavy (non-hydrogen) atoms. The molecule has 0 aliphatic heterocycles. The highest BCUT2D eigenvalue weighted by atomic mass is 16.1. The second-order valence-electron chi connectivity index (χ2n) is 3.14. The van der Waals surface area contributed by atoms with Gasteiger partial charge in [-0.1, -0.05) is 30.3 Å². The molecule has 0 N–H and O–H groups in total. The summed E-state index contributed by atoms with van der Waals surface area (Å²) in [5.41, 5.74) is 2.19. The molecule has 1 heterocycles. The summed E-state index contributed by atoms with van der Waals surface area (Å²) in [5, 5.41) is 7.79. The second kappa shape index (κ2) is 4.04. The van der Waals surface area contributed by atoms with Crippen LogP contribution in [0, 0.1) is 0 Å². The van der Waals surface area contributed by atoms with Crippen LogP contribution in [0.4, 0.5) is 0 Å². The number of rotatable bonds is 3. The molecule has 1 aromatic carbocycles. The van der Waals surface area contributed by atoms with E-state index in [0.717, 1.165) is 24.1 Å². The van der Waals surface area contributed by atoms with E-state index in [1.807, 2.05) is 37.3 Å². The lowest BCUT2D eigenvalue weighted by Crippen LogP contribution is -2.02. The van der Waals surface area contributed by atoms with Crippen LogP contribution in [-0.4, -0.2) is 21.3 Å². The van der Waals surface area contributed by atoms with E-state index >= 15 is 0 Å². The van der Waals surface area contributed by atoms with E-state index in [9.17, 15) is 4.79 Å². The molecule has 1 aromatic heterocycles. The van der Waals surface area contributed by atoms with Gasteiger partial charge in [-0.15, -0.1) is 5.10 Å². The van der Waals surface area contributed by atoms with Gasteiger partial charge < -0.3 is 0 Å². The zero-order valence-electron chi connectivity index (χ0n) is 8.42. The molecule has 0 radical (unpaired) electrons. The van der Waals surface area contributed by atoms with Crippen LogP contribution in [0.25, 0.3) is 5.69 Å². The first-order valence-corrected chi connectivity index (χ1v) is 4.82. The summed E-state index contributed by atoms with van der Waals surface area (Å²) in [6, 6.07) is 9.66. The number of carbonyl (C=O) groups excluding carboxylic acids is 1. The quantitative estimate of drug-likeness (QED) is 0.709. The molecule has 0 saturated carbocycles. The van der Waals surface area contributed by atoms with Gasteiger partial charge in [-0.25, -0.2) is 4.68 Å². The number of nitrogens with zero attached hydrogens (tertiary/aromatic N) is 3. The number of para-hydroxylation sites is 1. The molecule has 0 saturated heterocycles. The fourth-order valence-electron chi connectivity index (χ4n) is 1.51. The Balaban J connectivity index is 2.54. The summed E-state index contributed by atoms with van der Waals surface area (Å²) in [4.78, 5) is 10.7. The second-order valence-corrected chi connectivity index (χ2v) is 3.14. The summed E-state index contributed by atoms with van der Waals surface area (Å²) in [6.45, 7) is 1.98. The molecule has 0 atom stereocenters. The monoisotopic (exact) mass is 201 g/mol. The molecule has 4 heteroatoms. The molecule has 0 unspecified atom stereocenters. The molecule has 4 nitrogen and oxygen atoms in total. The van der Waals surface area contributed by atoms with E-state index in [4.69, 9.17) is 0 Å². The van der Waals surface area contributed by atoms with Crippen molar-refractivity contribution in [2.75, 3.05) is 0 Å². The fourth-order valence-corrected chi connectivity index (χ4v) is 1.51. The maximum absolute atomic E-state index is 10.7. The van der Waals surface area contributed by atoms with Gasteiger partial charge in [-0.3, -0.25) is 4.79 Å². The van der Waals surface area contributed by atoms with Crippen molar-refractivity contribution in [3.05, 3.63) is 41.7 Å². The zero-order valence-corrected chi connectivity index (χ0v) is 8.42. The van der Waals surface area contributed by atoms with Crippen LogP contribution in [0.15, 0.2) is 30.3 Å². The van der Waals surface area contributed by atoms with Gasteiger partial charge in [0.05, 0.1) is 11.4 Å². The smallest absolute Gasteiger partial charge is 0.172 e. The Morgan fingerprint density at radius 2 is 2.07 bits per heavy atom. The lowest BCUT2D eigenvalue weighted by Gasteiger charge is -2.03. The minimum Gasteiger partial charge on any atom is -0.296 e. The predicted octanol–water partition coefficient (Wildman–Crippen LogP) is 1.64. The van der Waals surface area contributed by atoms with Gasteiger partial charge in [0.2, 0.25) is 0 Å². The Labute approximate surface area is 87.5 Å². The molecule has 0 spiro atoms. The van der Waals surface area contributed by atoms with Crippen LogP contribution in [-0.2, 0) is 6.42 Å². The molecule has 2 aromatic rings. The number of hydrogen-bond acceptors (Lipinski definition) is 3. The molecule has 0 fully saturated rings. The summed E-state index contributed by atoms with van der Waals surface area (Å²) in [7, 11) is 0. The van der Waals surface area contributed by atoms with Gasteiger partial charge >= 0.3 is 0 Å². The zero-order chi connectivity index (χ0) is 10.7. The minimum atomic E-state index is 0.418. The van der Waals surface area contributed by atoms with E-state index in [1.54, 1.807) is 4.68 Å². The van der Waals surface area contributed by atoms with Crippen molar-refractivity contribution in [2.24, 2.45) is 0 Å². The standard InChI is InChI=1S/C11H11N3O/c1-2-11-10(8-15)12-13-14(11)9-6-4-3-5-7-9/h3-8H,2H2,1H3. The minimum absolute atomic E-state index is 0.418. The largest absolute Gasteiger partial charge is 0.296 e. The van der Waals surface area contributed by atoms with Crippen molar-refractivity contribution < 1.29 is 4.79 Å². The maximum atomic E-state index is 10.7. The number of aldehydes is 1. The predicted molar refractivity (Wildman–Crippen MR) is 56.1 cm³/mol. The van der Waals surface area contributed by atoms with Gasteiger partial charge in [0, 0.05) is 0 Å². The van der Waals surface area contributed by atoms with Crippen LogP contribution in [0.5, 0.6) is 0 Å². The molecule has 76 valence electrons. The molecule has 0 aliphatic rings. The van der Waals surface area contributed by atoms with Crippen molar-refractivity contribution in [3.63, 3.8) is 0 Å². The molecule has 0 aliphatic carbocycles. The molecule has 2 rings (SSSR count). The summed E-state index contributed by atoms with van der Waals surface area (Å²) < 4.78 is 1.70. The average Bonchev–Trinajstić information content (AvgIpc) is 2.72. The highest BCUT2D eigenvalue weighted by Gasteiger charge is 2.10. The Hall–Kier alpha value is -1.97. The van der Waals surface area contributed by atoms with E-state index in [2.05, 4.69) is 10.3 Å². The van der Waals surface area contributed by atoms with E-state index in [0.29, 0.717) is 5.69 Å². The van der Waals surface area contributed by atoms with E-state index in [-0.39, 0.29) is 0 Å². The van der Waals surface area contributed by atoms with E-state index < -0.39 is 0 Å². The normalized spacial score (nSPS) is 10.2. The SMILES string of the molecule is CCc1c(C=O)nnn1-c1ccccc1. The lowest BCUT2D eigenvalue weighted by molar-refractivity contribution is 0.111. The fraction of sp³-hybridized carbons (Fsp3) is 0.182. The van der Waals surface area contributed by atoms with Crippen molar-refractivity contribution in [2.45, 2.75) is 13.3 Å². The third-order valence-corrected chi connectivity index (χ3v) is 2.24. The van der Waals surface area contributed by atoms with Crippen LogP contribution in [0.3, 0.4) is 0 Å². The van der Waals surface area contributed by atoms with Gasteiger partial charge in [0.25, 0.3) is 0 Å². The third-order valence-electron chi connectivity index (χ3n) is 2.24. The first-order valence-electron chi connectivity index (χ1n) is 4.82. The van der Waals surface area contributed by atoms with Crippen LogP contribution in [0.1, 0.15) is 23.1 Å². The van der Waals surface area contributed by atoms with Crippen molar-refractivity contribution in [1.82, 2.24) is 15.0 Å². The van der Waals surface area contributed by atoms with Gasteiger partial charge in [0.1, 0.15) is 5.69 Å². The Kier molecular flexibility index (Phi) is 2.58. The number of benzene rings is 1. The van der Waals surface area contributed by atoms with Gasteiger partial charge in [-0.05, 0) is 18.6 Å². The number of carbonyl (C=O) groups is 1. The summed E-state index contributed by atoms with van der Waals surface area (Å²) in [5.74, 6) is 0. The van der Waals surface area contributed by atoms with Crippen LogP contribution >= 0.6 is 0 Å². The first kappa shape index (κ1) is 9.58. The Morgan fingerprint density at radius 1 is 1.33 bits per heavy atom. The number of hydrogen-bond donors (Lipinski definition) is 0. The molecule has 0 bridgehead atoms. The molecular formula is C11H11N3O. The maximum Gasteiger partial charge on any atom is 0.172 e. The summed E-state index contributed by atoms with van der Waals surface area (Å²) >= 11 is 0. The van der Waals surface area contributed by atoms with Gasteiger partial charge in [-0.2, -0.15) is 0 Å². The topological polar surface area (TPSA) is 47.8 Å². The van der Waals surface area contributed by atoms with Crippen molar-refractivity contribution in [1.29, 1.82) is 0 Å². The van der Waals surface area contributed by atoms with Crippen molar-refractivity contribution in [3.8, 4) is 5.69 Å². The third kappa shape index (κ3) is 1.66. The highest BCUT2D eigenvalue weighted by Crippen LogP contribution is 2.11. The summed E-state index contributed by atoms with van der Waals surface area (Å²) in [6.07, 6.45) is 1.47. The molecule has 0 amide bonds. The van der Waals surface area contributed by atoms with E-state index in [1.165, 1.54) is 0 Å². The Morgan fingerprint density at radius 3 is 2.67 bits per heavy atom. The Bertz CT molecular complexity index is 462.